The summed E-state index contributed by atoms with van der Waals surface area (Å²) < 4.78 is 20.9. The van der Waals surface area contributed by atoms with Gasteiger partial charge in [0.15, 0.2) is 6.29 Å². The first-order chi connectivity index (χ1) is 9.67. The van der Waals surface area contributed by atoms with E-state index in [0.29, 0.717) is 5.75 Å². The normalized spacial score (nSPS) is 11.6. The lowest BCUT2D eigenvalue weighted by Gasteiger charge is -2.21. The Morgan fingerprint density at radius 3 is 1.90 bits per heavy atom. The Morgan fingerprint density at radius 1 is 1.05 bits per heavy atom. The maximum Gasteiger partial charge on any atom is 0.514 e. The van der Waals surface area contributed by atoms with Crippen molar-refractivity contribution in [2.75, 3.05) is 14.2 Å². The minimum absolute atomic E-state index is 0.446. The van der Waals surface area contributed by atoms with Crippen molar-refractivity contribution < 1.29 is 23.7 Å². The number of carbonyl (C=O) groups excluding carboxylic acids is 1. The third-order valence-electron chi connectivity index (χ3n) is 2.76. The molecule has 0 N–H and O–H groups in total. The van der Waals surface area contributed by atoms with Gasteiger partial charge in [-0.15, -0.1) is 0 Å². The smallest absolute Gasteiger partial charge is 0.428 e. The van der Waals surface area contributed by atoms with Crippen molar-refractivity contribution in [1.82, 2.24) is 0 Å². The molecule has 0 saturated carbocycles. The molecular formula is C16H24O5. The van der Waals surface area contributed by atoms with Crippen LogP contribution in [0.4, 0.5) is 4.79 Å². The number of aryl methyl sites for hydroxylation is 2. The number of benzene rings is 1. The van der Waals surface area contributed by atoms with Gasteiger partial charge in [0.2, 0.25) is 0 Å². The van der Waals surface area contributed by atoms with Gasteiger partial charge in [0.1, 0.15) is 11.4 Å². The van der Waals surface area contributed by atoms with Gasteiger partial charge in [-0.25, -0.2) is 4.79 Å². The summed E-state index contributed by atoms with van der Waals surface area (Å²) in [5, 5.41) is 0. The third kappa shape index (κ3) is 5.02. The van der Waals surface area contributed by atoms with Crippen LogP contribution in [-0.4, -0.2) is 26.0 Å². The molecule has 0 unspecified atom stereocenters. The summed E-state index contributed by atoms with van der Waals surface area (Å²) in [5.41, 5.74) is 1.91. The molecule has 0 fully saturated rings. The fourth-order valence-corrected chi connectivity index (χ4v) is 2.00. The topological polar surface area (TPSA) is 54.0 Å². The van der Waals surface area contributed by atoms with Crippen molar-refractivity contribution in [3.05, 3.63) is 28.8 Å². The molecule has 0 heterocycles. The zero-order chi connectivity index (χ0) is 16.2. The summed E-state index contributed by atoms with van der Waals surface area (Å²) >= 11 is 0. The SMILES string of the molecule is COC(OC)c1cc(C)c(OC(=O)OC(C)(C)C)c(C)c1. The van der Waals surface area contributed by atoms with Crippen molar-refractivity contribution in [3.8, 4) is 5.75 Å². The molecule has 0 saturated heterocycles. The van der Waals surface area contributed by atoms with E-state index < -0.39 is 18.0 Å². The van der Waals surface area contributed by atoms with Gasteiger partial charge in [-0.05, 0) is 57.9 Å². The zero-order valence-corrected chi connectivity index (χ0v) is 13.8. The molecule has 0 aliphatic carbocycles. The largest absolute Gasteiger partial charge is 0.514 e. The first-order valence-corrected chi connectivity index (χ1v) is 6.75. The molecule has 1 aromatic rings. The third-order valence-corrected chi connectivity index (χ3v) is 2.76. The molecular weight excluding hydrogens is 272 g/mol. The van der Waals surface area contributed by atoms with Crippen LogP contribution in [0, 0.1) is 13.8 Å². The molecule has 0 bridgehead atoms. The molecule has 0 spiro atoms. The van der Waals surface area contributed by atoms with E-state index in [1.165, 1.54) is 0 Å². The first kappa shape index (κ1) is 17.5. The highest BCUT2D eigenvalue weighted by Gasteiger charge is 2.20. The number of carbonyl (C=O) groups is 1. The van der Waals surface area contributed by atoms with Crippen LogP contribution in [0.2, 0.25) is 0 Å². The van der Waals surface area contributed by atoms with Crippen LogP contribution in [0.3, 0.4) is 0 Å². The second-order valence-electron chi connectivity index (χ2n) is 5.85. The lowest BCUT2D eigenvalue weighted by Crippen LogP contribution is -2.26. The summed E-state index contributed by atoms with van der Waals surface area (Å²) in [6.07, 6.45) is -1.16. The van der Waals surface area contributed by atoms with E-state index >= 15 is 0 Å². The minimum atomic E-state index is -0.712. The summed E-state index contributed by atoms with van der Waals surface area (Å²) in [7, 11) is 3.15. The van der Waals surface area contributed by atoms with Gasteiger partial charge in [0.25, 0.3) is 0 Å². The van der Waals surface area contributed by atoms with Crippen LogP contribution in [-0.2, 0) is 14.2 Å². The number of hydrogen-bond acceptors (Lipinski definition) is 5. The molecule has 118 valence electrons. The minimum Gasteiger partial charge on any atom is -0.428 e. The van der Waals surface area contributed by atoms with Gasteiger partial charge in [-0.2, -0.15) is 0 Å². The van der Waals surface area contributed by atoms with Gasteiger partial charge in [-0.3, -0.25) is 0 Å². The fourth-order valence-electron chi connectivity index (χ4n) is 2.00. The molecule has 21 heavy (non-hydrogen) atoms. The zero-order valence-electron chi connectivity index (χ0n) is 13.8. The van der Waals surface area contributed by atoms with E-state index in [1.54, 1.807) is 35.0 Å². The molecule has 0 aliphatic heterocycles. The second kappa shape index (κ2) is 6.91. The lowest BCUT2D eigenvalue weighted by molar-refractivity contribution is -0.106. The van der Waals surface area contributed by atoms with Gasteiger partial charge >= 0.3 is 6.16 Å². The maximum absolute atomic E-state index is 11.8. The Morgan fingerprint density at radius 2 is 1.52 bits per heavy atom. The summed E-state index contributed by atoms with van der Waals surface area (Å²) in [5.74, 6) is 0.499. The van der Waals surface area contributed by atoms with Gasteiger partial charge in [0, 0.05) is 19.8 Å². The highest BCUT2D eigenvalue weighted by molar-refractivity contribution is 5.66. The predicted octanol–water partition coefficient (Wildman–Crippen LogP) is 3.91. The Bertz CT molecular complexity index is 475. The molecule has 5 heteroatoms. The summed E-state index contributed by atoms with van der Waals surface area (Å²) in [4.78, 5) is 11.8. The number of ether oxygens (including phenoxy) is 4. The van der Waals surface area contributed by atoms with E-state index in [-0.39, 0.29) is 0 Å². The van der Waals surface area contributed by atoms with Crippen molar-refractivity contribution in [2.24, 2.45) is 0 Å². The second-order valence-corrected chi connectivity index (χ2v) is 5.85. The van der Waals surface area contributed by atoms with Crippen molar-refractivity contribution in [3.63, 3.8) is 0 Å². The van der Waals surface area contributed by atoms with Crippen LogP contribution in [0.5, 0.6) is 5.75 Å². The Labute approximate surface area is 126 Å². The number of methoxy groups -OCH3 is 2. The van der Waals surface area contributed by atoms with Crippen molar-refractivity contribution >= 4 is 6.16 Å². The average molecular weight is 296 g/mol. The molecule has 0 radical (unpaired) electrons. The lowest BCUT2D eigenvalue weighted by atomic mass is 10.1. The Hall–Kier alpha value is -1.59. The maximum atomic E-state index is 11.8. The highest BCUT2D eigenvalue weighted by Crippen LogP contribution is 2.29. The molecule has 0 atom stereocenters. The van der Waals surface area contributed by atoms with Crippen LogP contribution >= 0.6 is 0 Å². The molecule has 0 aliphatic rings. The van der Waals surface area contributed by atoms with E-state index in [1.807, 2.05) is 26.0 Å². The molecule has 0 aromatic heterocycles. The standard InChI is InChI=1S/C16H24O5/c1-10-8-12(14(18-6)19-7)9-11(2)13(10)20-15(17)21-16(3,4)5/h8-9,14H,1-7H3. The number of rotatable bonds is 4. The molecule has 1 rings (SSSR count). The van der Waals surface area contributed by atoms with E-state index in [4.69, 9.17) is 18.9 Å². The van der Waals surface area contributed by atoms with Crippen molar-refractivity contribution in [1.29, 1.82) is 0 Å². The first-order valence-electron chi connectivity index (χ1n) is 6.75. The predicted molar refractivity (Wildman–Crippen MR) is 79.5 cm³/mol. The molecule has 0 amide bonds. The van der Waals surface area contributed by atoms with Gasteiger partial charge in [-0.1, -0.05) is 0 Å². The molecule has 5 nitrogen and oxygen atoms in total. The van der Waals surface area contributed by atoms with E-state index in [2.05, 4.69) is 0 Å². The van der Waals surface area contributed by atoms with Crippen molar-refractivity contribution in [2.45, 2.75) is 46.5 Å². The van der Waals surface area contributed by atoms with Crippen LogP contribution in [0.1, 0.15) is 43.8 Å². The Kier molecular flexibility index (Phi) is 5.75. The highest BCUT2D eigenvalue weighted by atomic mass is 16.7. The average Bonchev–Trinajstić information content (AvgIpc) is 2.33. The monoisotopic (exact) mass is 296 g/mol. The number of hydrogen-bond donors (Lipinski definition) is 0. The fraction of sp³-hybridized carbons (Fsp3) is 0.562. The summed E-state index contributed by atoms with van der Waals surface area (Å²) in [6.45, 7) is 9.09. The van der Waals surface area contributed by atoms with Crippen LogP contribution in [0.15, 0.2) is 12.1 Å². The molecule has 1 aromatic carbocycles. The summed E-state index contributed by atoms with van der Waals surface area (Å²) in [6, 6.07) is 3.73. The van der Waals surface area contributed by atoms with Gasteiger partial charge < -0.3 is 18.9 Å². The Balaban J connectivity index is 2.98. The van der Waals surface area contributed by atoms with Crippen LogP contribution < -0.4 is 4.74 Å². The van der Waals surface area contributed by atoms with Crippen LogP contribution in [0.25, 0.3) is 0 Å². The van der Waals surface area contributed by atoms with E-state index in [9.17, 15) is 4.79 Å². The van der Waals surface area contributed by atoms with E-state index in [0.717, 1.165) is 16.7 Å². The quantitative estimate of drug-likeness (QED) is 0.479. The van der Waals surface area contributed by atoms with Gasteiger partial charge in [0.05, 0.1) is 0 Å².